The third-order valence-corrected chi connectivity index (χ3v) is 4.66. The molecular formula is C19H23N5O4. The van der Waals surface area contributed by atoms with Crippen LogP contribution >= 0.6 is 0 Å². The molecule has 148 valence electrons. The Labute approximate surface area is 162 Å². The van der Waals surface area contributed by atoms with Gasteiger partial charge >= 0.3 is 0 Å². The van der Waals surface area contributed by atoms with E-state index >= 15 is 0 Å². The fourth-order valence-electron chi connectivity index (χ4n) is 3.28. The van der Waals surface area contributed by atoms with E-state index in [1.54, 1.807) is 7.11 Å². The largest absolute Gasteiger partial charge is 0.483 e. The molecule has 1 aliphatic heterocycles. The maximum Gasteiger partial charge on any atom is 0.264 e. The van der Waals surface area contributed by atoms with Gasteiger partial charge < -0.3 is 18.8 Å². The van der Waals surface area contributed by atoms with Crippen molar-refractivity contribution in [3.05, 3.63) is 36.3 Å². The Morgan fingerprint density at radius 1 is 1.43 bits per heavy atom. The molecule has 9 nitrogen and oxygen atoms in total. The second-order valence-electron chi connectivity index (χ2n) is 6.57. The van der Waals surface area contributed by atoms with E-state index in [-0.39, 0.29) is 24.6 Å². The lowest BCUT2D eigenvalue weighted by Crippen LogP contribution is -2.21. The Balaban J connectivity index is 1.36. The summed E-state index contributed by atoms with van der Waals surface area (Å²) in [5.74, 6) is 1.19. The molecule has 0 aliphatic carbocycles. The summed E-state index contributed by atoms with van der Waals surface area (Å²) < 4.78 is 18.5. The molecule has 2 N–H and O–H groups in total. The minimum atomic E-state index is -0.325. The Hall–Kier alpha value is -2.91. The van der Waals surface area contributed by atoms with Crippen molar-refractivity contribution in [1.29, 1.82) is 0 Å². The Bertz CT molecular complexity index is 945. The number of H-pyrrole nitrogens is 1. The number of nitrogens with one attached hydrogen (secondary N) is 2. The van der Waals surface area contributed by atoms with E-state index in [0.717, 1.165) is 36.9 Å². The van der Waals surface area contributed by atoms with Crippen LogP contribution in [0.5, 0.6) is 5.75 Å². The van der Waals surface area contributed by atoms with E-state index < -0.39 is 0 Å². The van der Waals surface area contributed by atoms with Crippen LogP contribution in [-0.4, -0.2) is 52.6 Å². The van der Waals surface area contributed by atoms with Gasteiger partial charge in [-0.2, -0.15) is 4.98 Å². The molecule has 1 saturated heterocycles. The lowest BCUT2D eigenvalue weighted by atomic mass is 10.2. The summed E-state index contributed by atoms with van der Waals surface area (Å²) >= 11 is 0. The fourth-order valence-corrected chi connectivity index (χ4v) is 3.28. The molecule has 0 bridgehead atoms. The lowest BCUT2D eigenvalue weighted by molar-refractivity contribution is -0.118. The number of amides is 1. The molecule has 3 aromatic rings. The van der Waals surface area contributed by atoms with Gasteiger partial charge in [0.2, 0.25) is 5.95 Å². The molecule has 1 amide bonds. The van der Waals surface area contributed by atoms with Crippen molar-refractivity contribution in [2.45, 2.75) is 25.5 Å². The molecule has 1 aliphatic rings. The number of aromatic amines is 1. The van der Waals surface area contributed by atoms with Crippen LogP contribution in [0.15, 0.2) is 30.5 Å². The average molecular weight is 385 g/mol. The van der Waals surface area contributed by atoms with Gasteiger partial charge in [-0.3, -0.25) is 15.2 Å². The first-order valence-electron chi connectivity index (χ1n) is 9.28. The average Bonchev–Trinajstić information content (AvgIpc) is 3.45. The Morgan fingerprint density at radius 3 is 3.18 bits per heavy atom. The van der Waals surface area contributed by atoms with Gasteiger partial charge in [-0.05, 0) is 31.0 Å². The van der Waals surface area contributed by atoms with Gasteiger partial charge in [0.25, 0.3) is 5.91 Å². The van der Waals surface area contributed by atoms with E-state index in [0.29, 0.717) is 18.2 Å². The van der Waals surface area contributed by atoms with Crippen molar-refractivity contribution in [3.8, 4) is 5.75 Å². The van der Waals surface area contributed by atoms with Crippen LogP contribution in [-0.2, 0) is 20.8 Å². The van der Waals surface area contributed by atoms with Crippen molar-refractivity contribution < 1.29 is 19.0 Å². The number of anilines is 1. The van der Waals surface area contributed by atoms with Crippen LogP contribution in [0.3, 0.4) is 0 Å². The van der Waals surface area contributed by atoms with Crippen LogP contribution in [0.25, 0.3) is 10.9 Å². The maximum absolute atomic E-state index is 12.2. The highest BCUT2D eigenvalue weighted by Crippen LogP contribution is 2.27. The number of aromatic nitrogens is 4. The molecule has 0 radical (unpaired) electrons. The van der Waals surface area contributed by atoms with Crippen LogP contribution < -0.4 is 10.1 Å². The van der Waals surface area contributed by atoms with Gasteiger partial charge in [-0.25, -0.2) is 0 Å². The van der Waals surface area contributed by atoms with Gasteiger partial charge in [0.1, 0.15) is 11.9 Å². The minimum absolute atomic E-state index is 0.0749. The summed E-state index contributed by atoms with van der Waals surface area (Å²) in [6.45, 7) is 1.97. The number of hydrogen-bond acceptors (Lipinski definition) is 6. The molecule has 3 heterocycles. The highest BCUT2D eigenvalue weighted by molar-refractivity contribution is 5.91. The predicted octanol–water partition coefficient (Wildman–Crippen LogP) is 2.27. The second kappa shape index (κ2) is 8.41. The number of benzene rings is 1. The van der Waals surface area contributed by atoms with Crippen molar-refractivity contribution in [2.24, 2.45) is 0 Å². The van der Waals surface area contributed by atoms with Crippen molar-refractivity contribution in [1.82, 2.24) is 19.7 Å². The number of carbonyl (C=O) groups is 1. The molecule has 0 spiro atoms. The molecule has 1 atom stereocenters. The van der Waals surface area contributed by atoms with E-state index in [9.17, 15) is 4.79 Å². The second-order valence-corrected chi connectivity index (χ2v) is 6.57. The summed E-state index contributed by atoms with van der Waals surface area (Å²) in [6.07, 6.45) is 3.81. The van der Waals surface area contributed by atoms with Crippen LogP contribution in [0.1, 0.15) is 24.8 Å². The van der Waals surface area contributed by atoms with Crippen LogP contribution in [0.2, 0.25) is 0 Å². The Kier molecular flexibility index (Phi) is 5.54. The number of methoxy groups -OCH3 is 1. The van der Waals surface area contributed by atoms with Crippen molar-refractivity contribution >= 4 is 22.8 Å². The van der Waals surface area contributed by atoms with E-state index in [1.165, 1.54) is 0 Å². The van der Waals surface area contributed by atoms with Gasteiger partial charge in [0.05, 0.1) is 12.1 Å². The van der Waals surface area contributed by atoms with Gasteiger partial charge in [-0.1, -0.05) is 6.07 Å². The molecular weight excluding hydrogens is 362 g/mol. The number of rotatable bonds is 8. The van der Waals surface area contributed by atoms with Crippen molar-refractivity contribution in [3.63, 3.8) is 0 Å². The predicted molar refractivity (Wildman–Crippen MR) is 102 cm³/mol. The summed E-state index contributed by atoms with van der Waals surface area (Å²) in [7, 11) is 1.68. The number of nitrogens with zero attached hydrogens (tertiary/aromatic N) is 3. The smallest absolute Gasteiger partial charge is 0.264 e. The highest BCUT2D eigenvalue weighted by atomic mass is 16.5. The lowest BCUT2D eigenvalue weighted by Gasteiger charge is -2.08. The number of fused-ring (bicyclic) bond motifs is 1. The van der Waals surface area contributed by atoms with E-state index in [2.05, 4.69) is 25.1 Å². The highest BCUT2D eigenvalue weighted by Gasteiger charge is 2.21. The molecule has 1 aromatic carbocycles. The summed E-state index contributed by atoms with van der Waals surface area (Å²) in [4.78, 5) is 16.5. The summed E-state index contributed by atoms with van der Waals surface area (Å²) in [5.41, 5.74) is 1.03. The van der Waals surface area contributed by atoms with E-state index in [1.807, 2.05) is 30.5 Å². The molecule has 2 aromatic heterocycles. The molecule has 4 rings (SSSR count). The third-order valence-electron chi connectivity index (χ3n) is 4.66. The van der Waals surface area contributed by atoms with E-state index in [4.69, 9.17) is 14.2 Å². The first-order chi connectivity index (χ1) is 13.7. The maximum atomic E-state index is 12.2. The normalized spacial score (nSPS) is 16.5. The molecule has 0 unspecified atom stereocenters. The Morgan fingerprint density at radius 2 is 2.36 bits per heavy atom. The molecule has 28 heavy (non-hydrogen) atoms. The first-order valence-corrected chi connectivity index (χ1v) is 9.28. The fraction of sp³-hybridized carbons (Fsp3) is 0.421. The monoisotopic (exact) mass is 385 g/mol. The molecule has 1 fully saturated rings. The van der Waals surface area contributed by atoms with Gasteiger partial charge in [-0.15, -0.1) is 5.10 Å². The SMILES string of the molecule is COCCn1ccc2c(OCC(=O)Nc3n[nH]c([C@H]4CCCO4)n3)cccc21. The topological polar surface area (TPSA) is 103 Å². The van der Waals surface area contributed by atoms with Gasteiger partial charge in [0, 0.05) is 31.8 Å². The zero-order valence-corrected chi connectivity index (χ0v) is 15.7. The van der Waals surface area contributed by atoms with Crippen LogP contribution in [0.4, 0.5) is 5.95 Å². The van der Waals surface area contributed by atoms with Crippen molar-refractivity contribution in [2.75, 3.05) is 32.2 Å². The van der Waals surface area contributed by atoms with Crippen LogP contribution in [0, 0.1) is 0 Å². The first kappa shape index (κ1) is 18.5. The standard InChI is InChI=1S/C19H23N5O4/c1-26-11-9-24-8-7-13-14(24)4-2-5-15(13)28-12-17(25)20-19-21-18(22-23-19)16-6-3-10-27-16/h2,4-5,7-8,16H,3,6,9-12H2,1H3,(H2,20,21,22,23,25)/t16-/m1/s1. The summed E-state index contributed by atoms with van der Waals surface area (Å²) in [6, 6.07) is 7.74. The third kappa shape index (κ3) is 4.00. The zero-order valence-electron chi connectivity index (χ0n) is 15.7. The molecule has 0 saturated carbocycles. The summed E-state index contributed by atoms with van der Waals surface area (Å²) in [5, 5.41) is 10.4. The number of carbonyl (C=O) groups excluding carboxylic acids is 1. The number of ether oxygens (including phenoxy) is 3. The molecule has 9 heteroatoms. The number of hydrogen-bond donors (Lipinski definition) is 2. The van der Waals surface area contributed by atoms with Gasteiger partial charge in [0.15, 0.2) is 12.4 Å². The minimum Gasteiger partial charge on any atom is -0.483 e. The quantitative estimate of drug-likeness (QED) is 0.617. The zero-order chi connectivity index (χ0) is 19.3.